The van der Waals surface area contributed by atoms with Gasteiger partial charge in [0.05, 0.1) is 21.0 Å². The highest BCUT2D eigenvalue weighted by molar-refractivity contribution is 6.60. The quantitative estimate of drug-likeness (QED) is 0.601. The number of rotatable bonds is 9. The lowest BCUT2D eigenvalue weighted by Gasteiger charge is -2.26. The van der Waals surface area contributed by atoms with Crippen LogP contribution >= 0.6 is 0 Å². The van der Waals surface area contributed by atoms with Gasteiger partial charge in [-0.1, -0.05) is 71.5 Å². The molecular weight excluding hydrogens is 350 g/mol. The lowest BCUT2D eigenvalue weighted by atomic mass is 9.89. The molecule has 0 bridgehead atoms. The molecule has 3 N–H and O–H groups in total. The van der Waals surface area contributed by atoms with Crippen LogP contribution in [0.5, 0.6) is 0 Å². The molecular formula is C23H41NO2Si. The number of nitrogens with two attached hydrogens (primary N) is 1. The second-order valence-corrected chi connectivity index (χ2v) is 13.7. The van der Waals surface area contributed by atoms with Crippen molar-refractivity contribution in [3.05, 3.63) is 41.0 Å². The van der Waals surface area contributed by atoms with Crippen molar-refractivity contribution < 1.29 is 9.84 Å². The largest absolute Gasteiger partial charge is 0.386 e. The molecule has 0 spiro atoms. The van der Waals surface area contributed by atoms with Crippen LogP contribution in [-0.2, 0) is 11.2 Å². The molecule has 0 heterocycles. The average molecular weight is 392 g/mol. The third kappa shape index (κ3) is 8.73. The molecule has 0 amide bonds. The second-order valence-electron chi connectivity index (χ2n) is 9.83. The van der Waals surface area contributed by atoms with Crippen molar-refractivity contribution in [1.29, 1.82) is 0 Å². The Hall–Kier alpha value is -0.943. The Balaban J connectivity index is 2.89. The minimum absolute atomic E-state index is 0.0274. The van der Waals surface area contributed by atoms with Gasteiger partial charge in [-0.25, -0.2) is 0 Å². The van der Waals surface area contributed by atoms with E-state index in [4.69, 9.17) is 10.5 Å². The van der Waals surface area contributed by atoms with E-state index in [-0.39, 0.29) is 6.04 Å². The summed E-state index contributed by atoms with van der Waals surface area (Å²) in [5.41, 5.74) is 9.33. The minimum atomic E-state index is -0.917. The van der Waals surface area contributed by atoms with Crippen LogP contribution in [-0.4, -0.2) is 38.4 Å². The lowest BCUT2D eigenvalue weighted by molar-refractivity contribution is 0.134. The first-order valence-corrected chi connectivity index (χ1v) is 12.7. The number of hydrogen-bond acceptors (Lipinski definition) is 3. The van der Waals surface area contributed by atoms with Gasteiger partial charge >= 0.3 is 0 Å². The third-order valence-electron chi connectivity index (χ3n) is 5.19. The third-order valence-corrected chi connectivity index (χ3v) is 8.88. The summed E-state index contributed by atoms with van der Waals surface area (Å²) < 4.78 is 5.99. The van der Waals surface area contributed by atoms with Gasteiger partial charge in [-0.3, -0.25) is 0 Å². The summed E-state index contributed by atoms with van der Waals surface area (Å²) in [6.45, 7) is 17.8. The highest BCUT2D eigenvalue weighted by atomic mass is 28.3. The monoisotopic (exact) mass is 391 g/mol. The summed E-state index contributed by atoms with van der Waals surface area (Å²) in [7, 11) is -0.917. The fourth-order valence-corrected chi connectivity index (χ4v) is 3.81. The smallest absolute Gasteiger partial charge is 0.0774 e. The zero-order valence-electron chi connectivity index (χ0n) is 18.7. The van der Waals surface area contributed by atoms with Crippen LogP contribution in [0.4, 0.5) is 0 Å². The van der Waals surface area contributed by atoms with E-state index in [1.54, 1.807) is 13.8 Å². The van der Waals surface area contributed by atoms with Crippen molar-refractivity contribution in [2.45, 2.75) is 84.0 Å². The van der Waals surface area contributed by atoms with E-state index in [0.29, 0.717) is 17.6 Å². The van der Waals surface area contributed by atoms with Crippen LogP contribution in [0.2, 0.25) is 11.6 Å². The van der Waals surface area contributed by atoms with Crippen LogP contribution in [0.15, 0.2) is 24.3 Å². The predicted octanol–water partition coefficient (Wildman–Crippen LogP) is 4.68. The summed E-state index contributed by atoms with van der Waals surface area (Å²) in [5.74, 6) is 0.428. The molecule has 0 aliphatic carbocycles. The molecule has 4 heteroatoms. The Morgan fingerprint density at radius 3 is 2.33 bits per heavy atom. The summed E-state index contributed by atoms with van der Waals surface area (Å²) in [6.07, 6.45) is 5.51. The molecule has 0 saturated heterocycles. The number of ether oxygens (including phenoxy) is 1. The topological polar surface area (TPSA) is 55.5 Å². The Morgan fingerprint density at radius 2 is 1.81 bits per heavy atom. The fraction of sp³-hybridized carbons (Fsp3) is 0.652. The molecule has 0 aliphatic heterocycles. The van der Waals surface area contributed by atoms with Crippen molar-refractivity contribution in [2.75, 3.05) is 12.8 Å². The molecule has 3 nitrogen and oxygen atoms in total. The first-order valence-electron chi connectivity index (χ1n) is 10.2. The van der Waals surface area contributed by atoms with E-state index in [1.807, 2.05) is 12.2 Å². The van der Waals surface area contributed by atoms with Crippen LogP contribution in [0.1, 0.15) is 71.1 Å². The van der Waals surface area contributed by atoms with Crippen LogP contribution < -0.4 is 5.73 Å². The van der Waals surface area contributed by atoms with Gasteiger partial charge in [0.15, 0.2) is 0 Å². The van der Waals surface area contributed by atoms with Crippen LogP contribution in [0.25, 0.3) is 6.08 Å². The summed E-state index contributed by atoms with van der Waals surface area (Å²) in [5, 5.41) is 10.4. The minimum Gasteiger partial charge on any atom is -0.386 e. The first kappa shape index (κ1) is 24.1. The molecule has 1 rings (SSSR count). The van der Waals surface area contributed by atoms with Gasteiger partial charge in [-0.2, -0.15) is 0 Å². The SMILES string of the molecule is CC(C)c1cccc(C=CC(C)(C)O)c1CC(N)COC[SiH](C)C(C)(C)C. The summed E-state index contributed by atoms with van der Waals surface area (Å²) in [4.78, 5) is 0. The van der Waals surface area contributed by atoms with Crippen molar-refractivity contribution in [1.82, 2.24) is 0 Å². The van der Waals surface area contributed by atoms with Crippen molar-refractivity contribution in [3.8, 4) is 0 Å². The van der Waals surface area contributed by atoms with Gasteiger partial charge < -0.3 is 15.6 Å². The Morgan fingerprint density at radius 1 is 1.19 bits per heavy atom. The van der Waals surface area contributed by atoms with Gasteiger partial charge in [-0.15, -0.1) is 0 Å². The Bertz CT molecular complexity index is 612. The predicted molar refractivity (Wildman–Crippen MR) is 121 cm³/mol. The zero-order chi connectivity index (χ0) is 20.8. The maximum atomic E-state index is 10.0. The summed E-state index contributed by atoms with van der Waals surface area (Å²) in [6, 6.07) is 6.34. The fourth-order valence-electron chi connectivity index (χ4n) is 2.82. The summed E-state index contributed by atoms with van der Waals surface area (Å²) >= 11 is 0. The molecule has 1 aromatic carbocycles. The normalized spacial score (nSPS) is 15.5. The average Bonchev–Trinajstić information content (AvgIpc) is 2.51. The highest BCUT2D eigenvalue weighted by Crippen LogP contribution is 2.27. The van der Waals surface area contributed by atoms with Crippen molar-refractivity contribution in [3.63, 3.8) is 0 Å². The number of aliphatic hydroxyl groups is 1. The van der Waals surface area contributed by atoms with Gasteiger partial charge in [0.2, 0.25) is 0 Å². The standard InChI is InChI=1S/C23H41NO2Si/c1-17(2)20-11-9-10-18(12-13-23(6,7)25)21(20)14-19(24)15-26-16-27(8)22(3,4)5/h9-13,17,19,25,27H,14-16,24H2,1-8H3. The van der Waals surface area contributed by atoms with Crippen LogP contribution in [0, 0.1) is 0 Å². The van der Waals surface area contributed by atoms with E-state index >= 15 is 0 Å². The molecule has 1 aromatic rings. The molecule has 2 unspecified atom stereocenters. The maximum absolute atomic E-state index is 10.0. The van der Waals surface area contributed by atoms with E-state index < -0.39 is 14.4 Å². The Labute approximate surface area is 168 Å². The molecule has 0 radical (unpaired) electrons. The zero-order valence-corrected chi connectivity index (χ0v) is 19.8. The van der Waals surface area contributed by atoms with Crippen molar-refractivity contribution in [2.24, 2.45) is 5.73 Å². The number of hydrogen-bond donors (Lipinski definition) is 2. The Kier molecular flexibility index (Phi) is 8.94. The second kappa shape index (κ2) is 10.0. The van der Waals surface area contributed by atoms with Crippen LogP contribution in [0.3, 0.4) is 0 Å². The molecule has 2 atom stereocenters. The van der Waals surface area contributed by atoms with Crippen molar-refractivity contribution >= 4 is 14.9 Å². The lowest BCUT2D eigenvalue weighted by Crippen LogP contribution is -2.34. The number of benzene rings is 1. The van der Waals surface area contributed by atoms with Gasteiger partial charge in [0.1, 0.15) is 0 Å². The first-order chi connectivity index (χ1) is 12.3. The van der Waals surface area contributed by atoms with E-state index in [2.05, 4.69) is 59.4 Å². The van der Waals surface area contributed by atoms with Gasteiger partial charge in [-0.05, 0) is 47.9 Å². The molecule has 154 valence electrons. The highest BCUT2D eigenvalue weighted by Gasteiger charge is 2.22. The van der Waals surface area contributed by atoms with E-state index in [0.717, 1.165) is 18.2 Å². The van der Waals surface area contributed by atoms with Gasteiger partial charge in [0, 0.05) is 12.3 Å². The van der Waals surface area contributed by atoms with Gasteiger partial charge in [0.25, 0.3) is 0 Å². The molecule has 27 heavy (non-hydrogen) atoms. The van der Waals surface area contributed by atoms with E-state index in [1.165, 1.54) is 11.1 Å². The van der Waals surface area contributed by atoms with E-state index in [9.17, 15) is 5.11 Å². The molecule has 0 saturated carbocycles. The molecule has 0 aromatic heterocycles. The maximum Gasteiger partial charge on any atom is 0.0774 e. The molecule has 0 aliphatic rings. The molecule has 0 fully saturated rings.